The summed E-state index contributed by atoms with van der Waals surface area (Å²) in [6, 6.07) is 19.9. The van der Waals surface area contributed by atoms with E-state index in [1.165, 1.54) is 0 Å². The first-order valence-electron chi connectivity index (χ1n) is 9.25. The van der Waals surface area contributed by atoms with Crippen molar-refractivity contribution in [3.8, 4) is 5.75 Å². The van der Waals surface area contributed by atoms with E-state index in [2.05, 4.69) is 5.32 Å². The molecule has 4 rings (SSSR count). The van der Waals surface area contributed by atoms with Crippen molar-refractivity contribution in [2.24, 2.45) is 0 Å². The molecule has 0 aromatic heterocycles. The number of amides is 3. The maximum absolute atomic E-state index is 12.7. The number of hydrogen-bond acceptors (Lipinski definition) is 4. The number of fused-ring (bicyclic) bond motifs is 1. The highest BCUT2D eigenvalue weighted by Gasteiger charge is 2.36. The van der Waals surface area contributed by atoms with Crippen molar-refractivity contribution in [1.82, 2.24) is 0 Å². The second-order valence-electron chi connectivity index (χ2n) is 6.74. The first-order chi connectivity index (χ1) is 14.4. The Labute approximate surface area is 178 Å². The van der Waals surface area contributed by atoms with Gasteiger partial charge in [-0.25, -0.2) is 4.90 Å². The lowest BCUT2D eigenvalue weighted by Gasteiger charge is -2.17. The highest BCUT2D eigenvalue weighted by atomic mass is 35.5. The van der Waals surface area contributed by atoms with Crippen LogP contribution in [-0.4, -0.2) is 23.8 Å². The van der Waals surface area contributed by atoms with Crippen LogP contribution in [0.15, 0.2) is 72.8 Å². The lowest BCUT2D eigenvalue weighted by Crippen LogP contribution is -2.31. The molecule has 6 nitrogen and oxygen atoms in total. The number of halogens is 1. The van der Waals surface area contributed by atoms with E-state index in [9.17, 15) is 14.4 Å². The predicted molar refractivity (Wildman–Crippen MR) is 114 cm³/mol. The van der Waals surface area contributed by atoms with Gasteiger partial charge in [-0.3, -0.25) is 14.4 Å². The molecule has 0 saturated carbocycles. The molecular weight excluding hydrogens is 404 g/mol. The van der Waals surface area contributed by atoms with Crippen molar-refractivity contribution in [3.05, 3.63) is 88.9 Å². The van der Waals surface area contributed by atoms with E-state index in [1.807, 2.05) is 0 Å². The van der Waals surface area contributed by atoms with E-state index < -0.39 is 17.9 Å². The number of hydrogen-bond donors (Lipinski definition) is 1. The van der Waals surface area contributed by atoms with Crippen LogP contribution in [0.4, 0.5) is 11.4 Å². The van der Waals surface area contributed by atoms with Gasteiger partial charge in [0.05, 0.1) is 16.8 Å². The number of carbonyl (C=O) groups is 3. The van der Waals surface area contributed by atoms with Crippen molar-refractivity contribution in [2.75, 3.05) is 10.2 Å². The summed E-state index contributed by atoms with van der Waals surface area (Å²) in [4.78, 5) is 38.9. The molecule has 1 heterocycles. The fourth-order valence-electron chi connectivity index (χ4n) is 3.16. The van der Waals surface area contributed by atoms with Crippen LogP contribution in [0.2, 0.25) is 5.02 Å². The molecule has 0 saturated heterocycles. The molecule has 0 fully saturated rings. The van der Waals surface area contributed by atoms with Gasteiger partial charge < -0.3 is 10.1 Å². The third-order valence-electron chi connectivity index (χ3n) is 4.66. The summed E-state index contributed by atoms with van der Waals surface area (Å²) in [6.45, 7) is 1.62. The minimum absolute atomic E-state index is 0.363. The summed E-state index contributed by atoms with van der Waals surface area (Å²) in [5.74, 6) is -0.636. The molecule has 7 heteroatoms. The molecular formula is C23H17ClN2O4. The quantitative estimate of drug-likeness (QED) is 0.614. The second kappa shape index (κ2) is 8.00. The van der Waals surface area contributed by atoms with Gasteiger partial charge in [-0.1, -0.05) is 29.8 Å². The summed E-state index contributed by atoms with van der Waals surface area (Å²) in [5, 5.41) is 3.32. The molecule has 3 amide bonds. The van der Waals surface area contributed by atoms with Crippen LogP contribution in [0, 0.1) is 0 Å². The van der Waals surface area contributed by atoms with E-state index in [4.69, 9.17) is 16.3 Å². The third kappa shape index (κ3) is 3.77. The van der Waals surface area contributed by atoms with Crippen LogP contribution in [0.3, 0.4) is 0 Å². The van der Waals surface area contributed by atoms with Crippen LogP contribution in [0.1, 0.15) is 27.6 Å². The van der Waals surface area contributed by atoms with Gasteiger partial charge in [-0.2, -0.15) is 0 Å². The summed E-state index contributed by atoms with van der Waals surface area (Å²) in [5.41, 5.74) is 1.55. The minimum Gasteiger partial charge on any atom is -0.481 e. The smallest absolute Gasteiger partial charge is 0.266 e. The highest BCUT2D eigenvalue weighted by Crippen LogP contribution is 2.29. The first kappa shape index (κ1) is 19.7. The van der Waals surface area contributed by atoms with Crippen molar-refractivity contribution < 1.29 is 19.1 Å². The fourth-order valence-corrected chi connectivity index (χ4v) is 3.29. The number of rotatable bonds is 5. The molecule has 1 atom stereocenters. The number of ether oxygens (including phenoxy) is 1. The number of nitrogens with zero attached hydrogens (tertiary/aromatic N) is 1. The Morgan fingerprint density at radius 1 is 0.933 bits per heavy atom. The molecule has 0 aliphatic carbocycles. The molecule has 1 aliphatic rings. The normalized spacial score (nSPS) is 13.7. The Balaban J connectivity index is 1.49. The molecule has 1 unspecified atom stereocenters. The molecule has 0 radical (unpaired) electrons. The monoisotopic (exact) mass is 420 g/mol. The Morgan fingerprint density at radius 2 is 1.57 bits per heavy atom. The van der Waals surface area contributed by atoms with Crippen LogP contribution in [0.5, 0.6) is 5.75 Å². The number of benzene rings is 3. The maximum atomic E-state index is 12.7. The average molecular weight is 421 g/mol. The zero-order chi connectivity index (χ0) is 21.3. The average Bonchev–Trinajstić information content (AvgIpc) is 3.00. The summed E-state index contributed by atoms with van der Waals surface area (Å²) in [7, 11) is 0. The lowest BCUT2D eigenvalue weighted by molar-refractivity contribution is -0.122. The molecule has 1 N–H and O–H groups in total. The lowest BCUT2D eigenvalue weighted by atomic mass is 10.1. The van der Waals surface area contributed by atoms with Crippen molar-refractivity contribution in [1.29, 1.82) is 0 Å². The molecule has 1 aliphatic heterocycles. The van der Waals surface area contributed by atoms with Gasteiger partial charge in [0.2, 0.25) is 0 Å². The van der Waals surface area contributed by atoms with Crippen LogP contribution in [-0.2, 0) is 4.79 Å². The van der Waals surface area contributed by atoms with Gasteiger partial charge in [0.25, 0.3) is 17.7 Å². The summed E-state index contributed by atoms with van der Waals surface area (Å²) in [6.07, 6.45) is -0.769. The van der Waals surface area contributed by atoms with E-state index in [-0.39, 0.29) is 5.91 Å². The third-order valence-corrected chi connectivity index (χ3v) is 4.91. The number of imide groups is 1. The molecule has 3 aromatic carbocycles. The molecule has 0 spiro atoms. The van der Waals surface area contributed by atoms with Gasteiger partial charge in [0, 0.05) is 10.7 Å². The van der Waals surface area contributed by atoms with Crippen LogP contribution >= 0.6 is 11.6 Å². The number of nitrogens with one attached hydrogen (secondary N) is 1. The zero-order valence-electron chi connectivity index (χ0n) is 16.0. The standard InChI is InChI=1S/C23H17ClN2O4/c1-14(30-18-11-9-15(24)10-12-18)21(27)25-16-5-4-6-17(13-16)26-22(28)19-7-2-3-8-20(19)23(26)29/h2-14H,1H3,(H,25,27). The second-order valence-corrected chi connectivity index (χ2v) is 7.18. The fraction of sp³-hybridized carbons (Fsp3) is 0.0870. The Bertz CT molecular complexity index is 1110. The van der Waals surface area contributed by atoms with Gasteiger partial charge >= 0.3 is 0 Å². The van der Waals surface area contributed by atoms with Gasteiger partial charge in [-0.15, -0.1) is 0 Å². The maximum Gasteiger partial charge on any atom is 0.266 e. The van der Waals surface area contributed by atoms with E-state index in [0.29, 0.717) is 33.3 Å². The van der Waals surface area contributed by atoms with E-state index in [0.717, 1.165) is 4.90 Å². The van der Waals surface area contributed by atoms with Crippen molar-refractivity contribution >= 4 is 40.7 Å². The largest absolute Gasteiger partial charge is 0.481 e. The zero-order valence-corrected chi connectivity index (χ0v) is 16.7. The highest BCUT2D eigenvalue weighted by molar-refractivity contribution is 6.34. The SMILES string of the molecule is CC(Oc1ccc(Cl)cc1)C(=O)Nc1cccc(N2C(=O)c3ccccc3C2=O)c1. The number of carbonyl (C=O) groups excluding carboxylic acids is 3. The van der Waals surface area contributed by atoms with Crippen LogP contribution in [0.25, 0.3) is 0 Å². The summed E-state index contributed by atoms with van der Waals surface area (Å²) < 4.78 is 5.62. The topological polar surface area (TPSA) is 75.7 Å². The van der Waals surface area contributed by atoms with E-state index >= 15 is 0 Å². The molecule has 150 valence electrons. The molecule has 3 aromatic rings. The molecule has 0 bridgehead atoms. The van der Waals surface area contributed by atoms with Gasteiger partial charge in [-0.05, 0) is 61.5 Å². The van der Waals surface area contributed by atoms with Crippen molar-refractivity contribution in [2.45, 2.75) is 13.0 Å². The van der Waals surface area contributed by atoms with Gasteiger partial charge in [0.1, 0.15) is 5.75 Å². The first-order valence-corrected chi connectivity index (χ1v) is 9.63. The predicted octanol–water partition coefficient (Wildman–Crippen LogP) is 4.55. The van der Waals surface area contributed by atoms with Crippen LogP contribution < -0.4 is 15.0 Å². The Hall–Kier alpha value is -3.64. The van der Waals surface area contributed by atoms with Gasteiger partial charge in [0.15, 0.2) is 6.10 Å². The Kier molecular flexibility index (Phi) is 5.25. The summed E-state index contributed by atoms with van der Waals surface area (Å²) >= 11 is 5.85. The number of anilines is 2. The Morgan fingerprint density at radius 3 is 2.20 bits per heavy atom. The molecule has 30 heavy (non-hydrogen) atoms. The van der Waals surface area contributed by atoms with E-state index in [1.54, 1.807) is 79.7 Å². The van der Waals surface area contributed by atoms with Crippen molar-refractivity contribution in [3.63, 3.8) is 0 Å². The minimum atomic E-state index is -0.769.